The van der Waals surface area contributed by atoms with Gasteiger partial charge in [0.1, 0.15) is 0 Å². The van der Waals surface area contributed by atoms with Crippen molar-refractivity contribution in [2.75, 3.05) is 18.4 Å². The molecule has 0 bridgehead atoms. The molecule has 0 fully saturated rings. The average Bonchev–Trinajstić information content (AvgIpc) is 3.09. The Bertz CT molecular complexity index is 852. The predicted octanol–water partition coefficient (Wildman–Crippen LogP) is 3.74. The minimum atomic E-state index is -3.56. The maximum atomic E-state index is 12.6. The number of benzene rings is 1. The Balaban J connectivity index is 2.23. The molecule has 1 N–H and O–H groups in total. The fourth-order valence-corrected chi connectivity index (χ4v) is 4.43. The molecule has 25 heavy (non-hydrogen) atoms. The number of carbonyl (C=O) groups is 1. The molecular weight excluding hydrogens is 356 g/mol. The lowest BCUT2D eigenvalue weighted by molar-refractivity contribution is -0.111. The molecule has 1 amide bonds. The zero-order valence-corrected chi connectivity index (χ0v) is 16.2. The summed E-state index contributed by atoms with van der Waals surface area (Å²) in [7, 11) is -3.56. The largest absolute Gasteiger partial charge is 0.322 e. The molecular formula is C18H22N2O3S2. The highest BCUT2D eigenvalue weighted by Crippen LogP contribution is 2.23. The van der Waals surface area contributed by atoms with Gasteiger partial charge >= 0.3 is 0 Å². The van der Waals surface area contributed by atoms with Crippen LogP contribution in [0.5, 0.6) is 0 Å². The van der Waals surface area contributed by atoms with Crippen LogP contribution < -0.4 is 5.32 Å². The first-order chi connectivity index (χ1) is 11.9. The van der Waals surface area contributed by atoms with Crippen molar-refractivity contribution in [3.8, 4) is 0 Å². The zero-order valence-electron chi connectivity index (χ0n) is 14.5. The number of anilines is 1. The third kappa shape index (κ3) is 4.78. The number of amides is 1. The minimum Gasteiger partial charge on any atom is -0.322 e. The fraction of sp³-hybridized carbons (Fsp3) is 0.278. The molecule has 0 radical (unpaired) electrons. The van der Waals surface area contributed by atoms with Gasteiger partial charge in [0.05, 0.1) is 4.90 Å². The minimum absolute atomic E-state index is 0.180. The lowest BCUT2D eigenvalue weighted by Gasteiger charge is -2.19. The molecule has 0 saturated heterocycles. The summed E-state index contributed by atoms with van der Waals surface area (Å²) < 4.78 is 26.6. The van der Waals surface area contributed by atoms with Gasteiger partial charge in [0.15, 0.2) is 0 Å². The highest BCUT2D eigenvalue weighted by Gasteiger charge is 2.22. The molecule has 0 saturated carbocycles. The van der Waals surface area contributed by atoms with Gasteiger partial charge in [0, 0.05) is 29.7 Å². The molecule has 2 rings (SSSR count). The van der Waals surface area contributed by atoms with Crippen molar-refractivity contribution < 1.29 is 13.2 Å². The van der Waals surface area contributed by atoms with Gasteiger partial charge < -0.3 is 5.32 Å². The number of thiophene rings is 1. The number of hydrogen-bond acceptors (Lipinski definition) is 4. The number of sulfonamides is 1. The van der Waals surface area contributed by atoms with E-state index in [4.69, 9.17) is 0 Å². The zero-order chi connectivity index (χ0) is 18.4. The third-order valence-corrected chi connectivity index (χ3v) is 6.64. The second-order valence-electron chi connectivity index (χ2n) is 5.40. The average molecular weight is 379 g/mol. The van der Waals surface area contributed by atoms with Gasteiger partial charge in [0.25, 0.3) is 0 Å². The van der Waals surface area contributed by atoms with Gasteiger partial charge in [-0.15, -0.1) is 11.3 Å². The van der Waals surface area contributed by atoms with E-state index in [9.17, 15) is 13.2 Å². The lowest BCUT2D eigenvalue weighted by Crippen LogP contribution is -2.30. The summed E-state index contributed by atoms with van der Waals surface area (Å²) >= 11 is 1.54. The number of nitrogens with zero attached hydrogens (tertiary/aromatic N) is 1. The molecule has 0 unspecified atom stereocenters. The van der Waals surface area contributed by atoms with Crippen LogP contribution in [0, 0.1) is 6.92 Å². The Morgan fingerprint density at radius 1 is 1.24 bits per heavy atom. The summed E-state index contributed by atoms with van der Waals surface area (Å²) in [5.74, 6) is -0.297. The van der Waals surface area contributed by atoms with Crippen molar-refractivity contribution >= 4 is 39.0 Å². The van der Waals surface area contributed by atoms with Crippen LogP contribution in [0.4, 0.5) is 5.69 Å². The van der Waals surface area contributed by atoms with Crippen LogP contribution in [0.25, 0.3) is 6.08 Å². The quantitative estimate of drug-likeness (QED) is 0.747. The number of hydrogen-bond donors (Lipinski definition) is 1. The number of nitrogens with one attached hydrogen (secondary N) is 1. The molecule has 1 aromatic heterocycles. The second-order valence-corrected chi connectivity index (χ2v) is 8.32. The van der Waals surface area contributed by atoms with Crippen molar-refractivity contribution in [2.45, 2.75) is 25.7 Å². The lowest BCUT2D eigenvalue weighted by atomic mass is 10.2. The van der Waals surface area contributed by atoms with E-state index in [1.54, 1.807) is 32.1 Å². The Morgan fingerprint density at radius 3 is 2.56 bits per heavy atom. The molecule has 0 atom stereocenters. The number of rotatable bonds is 7. The van der Waals surface area contributed by atoms with E-state index >= 15 is 0 Å². The molecule has 0 aliphatic carbocycles. The van der Waals surface area contributed by atoms with Crippen LogP contribution in [0.1, 0.15) is 24.3 Å². The van der Waals surface area contributed by atoms with E-state index in [0.29, 0.717) is 18.8 Å². The first kappa shape index (κ1) is 19.4. The molecule has 0 spiro atoms. The van der Waals surface area contributed by atoms with E-state index in [1.165, 1.54) is 27.8 Å². The summed E-state index contributed by atoms with van der Waals surface area (Å²) in [5.41, 5.74) is 1.30. The first-order valence-corrected chi connectivity index (χ1v) is 10.3. The summed E-state index contributed by atoms with van der Waals surface area (Å²) in [6.45, 7) is 6.23. The van der Waals surface area contributed by atoms with Gasteiger partial charge in [-0.05, 0) is 42.1 Å². The standard InChI is InChI=1S/C18H22N2O3S2/c1-4-20(5-2)25(22,23)16-10-8-14(3)17(13-16)19-18(21)11-9-15-7-6-12-24-15/h6-13H,4-5H2,1-3H3,(H,19,21). The summed E-state index contributed by atoms with van der Waals surface area (Å²) in [4.78, 5) is 13.3. The topological polar surface area (TPSA) is 66.5 Å². The van der Waals surface area contributed by atoms with Crippen molar-refractivity contribution in [1.82, 2.24) is 4.31 Å². The van der Waals surface area contributed by atoms with E-state index < -0.39 is 10.0 Å². The van der Waals surface area contributed by atoms with E-state index in [1.807, 2.05) is 24.4 Å². The number of carbonyl (C=O) groups excluding carboxylic acids is 1. The van der Waals surface area contributed by atoms with Gasteiger partial charge in [-0.1, -0.05) is 26.0 Å². The maximum absolute atomic E-state index is 12.6. The van der Waals surface area contributed by atoms with Crippen LogP contribution in [0.3, 0.4) is 0 Å². The SMILES string of the molecule is CCN(CC)S(=O)(=O)c1ccc(C)c(NC(=O)C=Cc2cccs2)c1. The van der Waals surface area contributed by atoms with E-state index in [2.05, 4.69) is 5.32 Å². The van der Waals surface area contributed by atoms with Gasteiger partial charge in [-0.2, -0.15) is 4.31 Å². The van der Waals surface area contributed by atoms with Crippen LogP contribution in [0.2, 0.25) is 0 Å². The molecule has 1 heterocycles. The predicted molar refractivity (Wildman–Crippen MR) is 103 cm³/mol. The van der Waals surface area contributed by atoms with Crippen molar-refractivity contribution in [3.63, 3.8) is 0 Å². The molecule has 134 valence electrons. The third-order valence-electron chi connectivity index (χ3n) is 3.75. The van der Waals surface area contributed by atoms with Crippen LogP contribution in [0.15, 0.2) is 46.7 Å². The van der Waals surface area contributed by atoms with Gasteiger partial charge in [-0.25, -0.2) is 8.42 Å². The maximum Gasteiger partial charge on any atom is 0.248 e. The second kappa shape index (κ2) is 8.42. The van der Waals surface area contributed by atoms with Crippen LogP contribution in [-0.4, -0.2) is 31.7 Å². The molecule has 2 aromatic rings. The summed E-state index contributed by atoms with van der Waals surface area (Å²) in [6.07, 6.45) is 3.17. The van der Waals surface area contributed by atoms with Gasteiger partial charge in [0.2, 0.25) is 15.9 Å². The molecule has 0 aliphatic rings. The Hall–Kier alpha value is -1.96. The Kier molecular flexibility index (Phi) is 6.52. The monoisotopic (exact) mass is 378 g/mol. The van der Waals surface area contributed by atoms with Crippen LogP contribution in [-0.2, 0) is 14.8 Å². The normalized spacial score (nSPS) is 12.0. The molecule has 5 nitrogen and oxygen atoms in total. The Morgan fingerprint density at radius 2 is 1.96 bits per heavy atom. The fourth-order valence-electron chi connectivity index (χ4n) is 2.33. The van der Waals surface area contributed by atoms with E-state index in [0.717, 1.165) is 10.4 Å². The van der Waals surface area contributed by atoms with Crippen molar-refractivity contribution in [3.05, 3.63) is 52.2 Å². The highest BCUT2D eigenvalue weighted by atomic mass is 32.2. The molecule has 7 heteroatoms. The summed E-state index contributed by atoms with van der Waals surface area (Å²) in [6, 6.07) is 8.61. The van der Waals surface area contributed by atoms with Crippen molar-refractivity contribution in [2.24, 2.45) is 0 Å². The smallest absolute Gasteiger partial charge is 0.248 e. The molecule has 0 aliphatic heterocycles. The van der Waals surface area contributed by atoms with Crippen LogP contribution >= 0.6 is 11.3 Å². The number of aryl methyl sites for hydroxylation is 1. The highest BCUT2D eigenvalue weighted by molar-refractivity contribution is 7.89. The van der Waals surface area contributed by atoms with Gasteiger partial charge in [-0.3, -0.25) is 4.79 Å². The van der Waals surface area contributed by atoms with E-state index in [-0.39, 0.29) is 10.8 Å². The first-order valence-electron chi connectivity index (χ1n) is 8.01. The Labute approximate surface area is 153 Å². The van der Waals surface area contributed by atoms with Crippen molar-refractivity contribution in [1.29, 1.82) is 0 Å². The summed E-state index contributed by atoms with van der Waals surface area (Å²) in [5, 5.41) is 4.69. The molecule has 1 aromatic carbocycles.